The molecule has 3 heteroatoms. The first kappa shape index (κ1) is 13.5. The number of ketones is 1. The quantitative estimate of drug-likeness (QED) is 0.455. The van der Waals surface area contributed by atoms with Crippen molar-refractivity contribution in [3.63, 3.8) is 0 Å². The Kier molecular flexibility index (Phi) is 4.15. The lowest BCUT2D eigenvalue weighted by Crippen LogP contribution is -2.37. The van der Waals surface area contributed by atoms with Crippen molar-refractivity contribution >= 4 is 19.1 Å². The van der Waals surface area contributed by atoms with E-state index in [-0.39, 0.29) is 5.78 Å². The van der Waals surface area contributed by atoms with Gasteiger partial charge in [-0.25, -0.2) is 0 Å². The number of carbonyl (C=O) groups excluding carboxylic acids is 1. The standard InChI is InChI=1S/C16H19BNO/c1-12(2)13-7-9-18(10-8-13)11-16(19)14-3-5-15(17)6-4-14/h3-10,12H,11,17H2,1-2H3/q+1. The van der Waals surface area contributed by atoms with E-state index in [4.69, 9.17) is 0 Å². The average molecular weight is 252 g/mol. The molecule has 0 spiro atoms. The molecule has 0 fully saturated rings. The Morgan fingerprint density at radius 2 is 1.68 bits per heavy atom. The van der Waals surface area contributed by atoms with Crippen LogP contribution >= 0.6 is 0 Å². The minimum Gasteiger partial charge on any atom is -0.287 e. The highest BCUT2D eigenvalue weighted by atomic mass is 16.1. The average Bonchev–Trinajstić information content (AvgIpc) is 2.40. The second kappa shape index (κ2) is 5.83. The van der Waals surface area contributed by atoms with Crippen molar-refractivity contribution in [1.29, 1.82) is 0 Å². The Morgan fingerprint density at radius 3 is 2.21 bits per heavy atom. The molecule has 2 aromatic rings. The van der Waals surface area contributed by atoms with Gasteiger partial charge in [-0.2, -0.15) is 4.57 Å². The summed E-state index contributed by atoms with van der Waals surface area (Å²) >= 11 is 0. The fourth-order valence-electron chi connectivity index (χ4n) is 1.96. The molecule has 1 heterocycles. The normalized spacial score (nSPS) is 10.7. The highest BCUT2D eigenvalue weighted by Gasteiger charge is 2.12. The van der Waals surface area contributed by atoms with Crippen LogP contribution in [0.2, 0.25) is 0 Å². The lowest BCUT2D eigenvalue weighted by molar-refractivity contribution is -0.683. The number of hydrogen-bond acceptors (Lipinski definition) is 1. The van der Waals surface area contributed by atoms with Crippen molar-refractivity contribution in [3.05, 3.63) is 59.9 Å². The molecule has 0 radical (unpaired) electrons. The van der Waals surface area contributed by atoms with Gasteiger partial charge >= 0.3 is 0 Å². The maximum absolute atomic E-state index is 12.1. The number of hydrogen-bond donors (Lipinski definition) is 0. The first-order chi connectivity index (χ1) is 9.06. The van der Waals surface area contributed by atoms with E-state index in [1.54, 1.807) is 0 Å². The van der Waals surface area contributed by atoms with Gasteiger partial charge in [0.1, 0.15) is 7.85 Å². The minimum atomic E-state index is 0.141. The van der Waals surface area contributed by atoms with Crippen LogP contribution in [0.25, 0.3) is 0 Å². The molecule has 0 bridgehead atoms. The lowest BCUT2D eigenvalue weighted by atomic mass is 9.94. The highest BCUT2D eigenvalue weighted by Crippen LogP contribution is 2.10. The molecule has 0 amide bonds. The maximum atomic E-state index is 12.1. The molecule has 2 nitrogen and oxygen atoms in total. The van der Waals surface area contributed by atoms with E-state index < -0.39 is 0 Å². The van der Waals surface area contributed by atoms with Gasteiger partial charge in [0.15, 0.2) is 12.4 Å². The molecular formula is C16H19BNO+. The summed E-state index contributed by atoms with van der Waals surface area (Å²) in [7, 11) is 2.02. The van der Waals surface area contributed by atoms with E-state index in [0.29, 0.717) is 12.5 Å². The van der Waals surface area contributed by atoms with Crippen molar-refractivity contribution < 1.29 is 9.36 Å². The van der Waals surface area contributed by atoms with Gasteiger partial charge in [0.2, 0.25) is 12.3 Å². The van der Waals surface area contributed by atoms with Crippen LogP contribution in [0.1, 0.15) is 35.7 Å². The van der Waals surface area contributed by atoms with Gasteiger partial charge in [-0.15, -0.1) is 0 Å². The van der Waals surface area contributed by atoms with Gasteiger partial charge in [-0.1, -0.05) is 43.6 Å². The van der Waals surface area contributed by atoms with E-state index in [2.05, 4.69) is 26.0 Å². The Labute approximate surface area is 115 Å². The summed E-state index contributed by atoms with van der Waals surface area (Å²) in [4.78, 5) is 12.1. The fraction of sp³-hybridized carbons (Fsp3) is 0.250. The third-order valence-corrected chi connectivity index (χ3v) is 3.28. The number of nitrogens with zero attached hydrogens (tertiary/aromatic N) is 1. The van der Waals surface area contributed by atoms with Crippen molar-refractivity contribution in [2.75, 3.05) is 0 Å². The Hall–Kier alpha value is -1.90. The van der Waals surface area contributed by atoms with Crippen molar-refractivity contribution in [1.82, 2.24) is 0 Å². The van der Waals surface area contributed by atoms with Crippen LogP contribution in [0.4, 0.5) is 0 Å². The van der Waals surface area contributed by atoms with Gasteiger partial charge in [0.25, 0.3) is 0 Å². The number of rotatable bonds is 4. The zero-order valence-electron chi connectivity index (χ0n) is 11.8. The van der Waals surface area contributed by atoms with Crippen LogP contribution in [-0.2, 0) is 6.54 Å². The Bertz CT molecular complexity index is 558. The smallest absolute Gasteiger partial charge is 0.227 e. The topological polar surface area (TPSA) is 20.9 Å². The molecule has 19 heavy (non-hydrogen) atoms. The molecule has 0 unspecified atom stereocenters. The molecule has 0 aliphatic carbocycles. The van der Waals surface area contributed by atoms with Crippen LogP contribution < -0.4 is 10.0 Å². The second-order valence-corrected chi connectivity index (χ2v) is 5.25. The summed E-state index contributed by atoms with van der Waals surface area (Å²) in [5.41, 5.74) is 3.23. The number of Topliss-reactive ketones (excluding diaryl/α,β-unsaturated/α-hetero) is 1. The van der Waals surface area contributed by atoms with Crippen LogP contribution in [0, 0.1) is 0 Å². The Morgan fingerprint density at radius 1 is 1.11 bits per heavy atom. The largest absolute Gasteiger partial charge is 0.287 e. The second-order valence-electron chi connectivity index (χ2n) is 5.25. The molecular weight excluding hydrogens is 233 g/mol. The predicted octanol–water partition coefficient (Wildman–Crippen LogP) is 1.24. The maximum Gasteiger partial charge on any atom is 0.227 e. The summed E-state index contributed by atoms with van der Waals surface area (Å²) in [5, 5.41) is 0. The molecule has 0 atom stereocenters. The van der Waals surface area contributed by atoms with E-state index in [1.165, 1.54) is 11.0 Å². The van der Waals surface area contributed by atoms with Gasteiger partial charge in [0.05, 0.1) is 0 Å². The molecule has 0 aliphatic heterocycles. The number of benzene rings is 1. The molecule has 0 aliphatic rings. The first-order valence-electron chi connectivity index (χ1n) is 6.65. The monoisotopic (exact) mass is 252 g/mol. The number of aromatic nitrogens is 1. The molecule has 0 N–H and O–H groups in total. The van der Waals surface area contributed by atoms with Crippen LogP contribution in [-0.4, -0.2) is 13.6 Å². The minimum absolute atomic E-state index is 0.141. The van der Waals surface area contributed by atoms with E-state index in [9.17, 15) is 4.79 Å². The van der Waals surface area contributed by atoms with Gasteiger partial charge in [-0.05, 0) is 11.5 Å². The van der Waals surface area contributed by atoms with Crippen molar-refractivity contribution in [3.8, 4) is 0 Å². The van der Waals surface area contributed by atoms with E-state index >= 15 is 0 Å². The first-order valence-corrected chi connectivity index (χ1v) is 6.65. The summed E-state index contributed by atoms with van der Waals surface area (Å²) in [5.74, 6) is 0.657. The van der Waals surface area contributed by atoms with Gasteiger partial charge in [-0.3, -0.25) is 4.79 Å². The molecule has 1 aromatic heterocycles. The summed E-state index contributed by atoms with van der Waals surface area (Å²) < 4.78 is 1.92. The van der Waals surface area contributed by atoms with Crippen LogP contribution in [0.5, 0.6) is 0 Å². The summed E-state index contributed by atoms with van der Waals surface area (Å²) in [6.45, 7) is 4.72. The van der Waals surface area contributed by atoms with Gasteiger partial charge < -0.3 is 0 Å². The molecule has 2 rings (SSSR count). The molecule has 1 aromatic carbocycles. The third-order valence-electron chi connectivity index (χ3n) is 3.28. The zero-order valence-corrected chi connectivity index (χ0v) is 11.8. The summed E-state index contributed by atoms with van der Waals surface area (Å²) in [6.07, 6.45) is 3.95. The van der Waals surface area contributed by atoms with Crippen LogP contribution in [0.15, 0.2) is 48.8 Å². The van der Waals surface area contributed by atoms with Gasteiger partial charge in [0, 0.05) is 17.7 Å². The van der Waals surface area contributed by atoms with E-state index in [0.717, 1.165) is 5.56 Å². The predicted molar refractivity (Wildman–Crippen MR) is 79.7 cm³/mol. The van der Waals surface area contributed by atoms with Crippen molar-refractivity contribution in [2.24, 2.45) is 0 Å². The Balaban J connectivity index is 2.08. The van der Waals surface area contributed by atoms with E-state index in [1.807, 2.05) is 49.1 Å². The molecule has 96 valence electrons. The third kappa shape index (κ3) is 3.54. The highest BCUT2D eigenvalue weighted by molar-refractivity contribution is 6.32. The summed E-state index contributed by atoms with van der Waals surface area (Å²) in [6, 6.07) is 11.9. The van der Waals surface area contributed by atoms with Crippen molar-refractivity contribution in [2.45, 2.75) is 26.3 Å². The SMILES string of the molecule is Bc1ccc(C(=O)C[n+]2ccc(C(C)C)cc2)cc1. The number of carbonyl (C=O) groups is 1. The zero-order chi connectivity index (χ0) is 13.8. The lowest BCUT2D eigenvalue weighted by Gasteiger charge is -2.03. The molecule has 0 saturated carbocycles. The van der Waals surface area contributed by atoms with Crippen LogP contribution in [0.3, 0.4) is 0 Å². The molecule has 0 saturated heterocycles. The fourth-order valence-corrected chi connectivity index (χ4v) is 1.96. The number of pyridine rings is 1.